The van der Waals surface area contributed by atoms with Gasteiger partial charge in [0.05, 0.1) is 0 Å². The Morgan fingerprint density at radius 2 is 1.68 bits per heavy atom. The van der Waals surface area contributed by atoms with Crippen LogP contribution in [-0.2, 0) is 14.3 Å². The zero-order valence-electron chi connectivity index (χ0n) is 13.8. The van der Waals surface area contributed by atoms with Crippen LogP contribution in [0.15, 0.2) is 60.7 Å². The minimum Gasteiger partial charge on any atom is -0.354 e. The van der Waals surface area contributed by atoms with E-state index in [2.05, 4.69) is 5.32 Å². The number of epoxide rings is 1. The molecule has 2 fully saturated rings. The van der Waals surface area contributed by atoms with E-state index in [1.807, 2.05) is 60.7 Å². The quantitative estimate of drug-likeness (QED) is 0.873. The number of benzene rings is 2. The molecule has 5 heteroatoms. The molecule has 2 heterocycles. The molecule has 3 atom stereocenters. The predicted molar refractivity (Wildman–Crippen MR) is 93.9 cm³/mol. The average molecular weight is 336 g/mol. The minimum atomic E-state index is -0.465. The van der Waals surface area contributed by atoms with Crippen molar-refractivity contribution in [3.63, 3.8) is 0 Å². The van der Waals surface area contributed by atoms with Crippen LogP contribution in [0, 0.1) is 0 Å². The van der Waals surface area contributed by atoms with Gasteiger partial charge in [-0.15, -0.1) is 0 Å². The molecule has 1 N–H and O–H groups in total. The van der Waals surface area contributed by atoms with E-state index >= 15 is 0 Å². The van der Waals surface area contributed by atoms with Crippen LogP contribution < -0.4 is 5.32 Å². The second-order valence-electron chi connectivity index (χ2n) is 6.43. The Morgan fingerprint density at radius 3 is 2.40 bits per heavy atom. The van der Waals surface area contributed by atoms with Crippen molar-refractivity contribution >= 4 is 17.5 Å². The van der Waals surface area contributed by atoms with Crippen molar-refractivity contribution in [2.75, 3.05) is 11.9 Å². The summed E-state index contributed by atoms with van der Waals surface area (Å²) in [7, 11) is 0. The molecular weight excluding hydrogens is 316 g/mol. The summed E-state index contributed by atoms with van der Waals surface area (Å²) in [5.74, 6) is -0.214. The van der Waals surface area contributed by atoms with E-state index in [-0.39, 0.29) is 17.9 Å². The van der Waals surface area contributed by atoms with Crippen LogP contribution in [0.5, 0.6) is 0 Å². The third kappa shape index (κ3) is 3.28. The van der Waals surface area contributed by atoms with Gasteiger partial charge in [0, 0.05) is 12.2 Å². The summed E-state index contributed by atoms with van der Waals surface area (Å²) in [6, 6.07) is 18.6. The Bertz CT molecular complexity index is 763. The maximum Gasteiger partial charge on any atom is 0.255 e. The van der Waals surface area contributed by atoms with Crippen molar-refractivity contribution < 1.29 is 14.3 Å². The minimum absolute atomic E-state index is 0.0837. The van der Waals surface area contributed by atoms with Crippen LogP contribution in [-0.4, -0.2) is 35.4 Å². The van der Waals surface area contributed by atoms with E-state index < -0.39 is 12.1 Å². The lowest BCUT2D eigenvalue weighted by Crippen LogP contribution is -2.45. The molecule has 2 aliphatic heterocycles. The molecule has 0 bridgehead atoms. The molecule has 0 radical (unpaired) electrons. The Morgan fingerprint density at radius 1 is 1.00 bits per heavy atom. The number of nitrogens with one attached hydrogen (secondary N) is 1. The second kappa shape index (κ2) is 6.69. The van der Waals surface area contributed by atoms with Crippen molar-refractivity contribution in [1.29, 1.82) is 0 Å². The summed E-state index contributed by atoms with van der Waals surface area (Å²) in [6.45, 7) is 0.604. The van der Waals surface area contributed by atoms with Gasteiger partial charge in [-0.05, 0) is 30.5 Å². The number of para-hydroxylation sites is 1. The van der Waals surface area contributed by atoms with Gasteiger partial charge in [0.2, 0.25) is 5.91 Å². The monoisotopic (exact) mass is 336 g/mol. The molecule has 0 saturated carbocycles. The highest BCUT2D eigenvalue weighted by atomic mass is 16.6. The highest BCUT2D eigenvalue weighted by Crippen LogP contribution is 2.40. The van der Waals surface area contributed by atoms with Crippen LogP contribution in [0.4, 0.5) is 5.69 Å². The molecule has 2 aromatic rings. The predicted octanol–water partition coefficient (Wildman–Crippen LogP) is 2.76. The van der Waals surface area contributed by atoms with Gasteiger partial charge in [-0.3, -0.25) is 9.59 Å². The Balaban J connectivity index is 1.41. The number of amides is 2. The van der Waals surface area contributed by atoms with Crippen molar-refractivity contribution in [2.24, 2.45) is 0 Å². The summed E-state index contributed by atoms with van der Waals surface area (Å²) >= 11 is 0. The first kappa shape index (κ1) is 15.8. The Labute approximate surface area is 146 Å². The number of carbonyl (C=O) groups is 2. The summed E-state index contributed by atoms with van der Waals surface area (Å²) < 4.78 is 5.60. The van der Waals surface area contributed by atoms with Crippen molar-refractivity contribution in [3.8, 4) is 0 Å². The molecule has 0 aliphatic carbocycles. The van der Waals surface area contributed by atoms with Gasteiger partial charge < -0.3 is 15.0 Å². The lowest BCUT2D eigenvalue weighted by Gasteiger charge is -2.23. The summed E-state index contributed by atoms with van der Waals surface area (Å²) in [4.78, 5) is 27.0. The lowest BCUT2D eigenvalue weighted by atomic mass is 10.1. The average Bonchev–Trinajstić information content (AvgIpc) is 3.30. The molecule has 4 rings (SSSR count). The smallest absolute Gasteiger partial charge is 0.255 e. The number of ether oxygens (including phenoxy) is 1. The Kier molecular flexibility index (Phi) is 4.24. The summed E-state index contributed by atoms with van der Waals surface area (Å²) in [5, 5.41) is 2.90. The number of rotatable bonds is 4. The molecule has 0 unspecified atom stereocenters. The maximum absolute atomic E-state index is 12.8. The van der Waals surface area contributed by atoms with E-state index in [0.29, 0.717) is 13.0 Å². The number of carbonyl (C=O) groups excluding carboxylic acids is 2. The van der Waals surface area contributed by atoms with Gasteiger partial charge in [0.15, 0.2) is 6.10 Å². The molecule has 0 aromatic heterocycles. The van der Waals surface area contributed by atoms with Crippen LogP contribution in [0.2, 0.25) is 0 Å². The number of nitrogens with zero attached hydrogens (tertiary/aromatic N) is 1. The van der Waals surface area contributed by atoms with E-state index in [1.54, 1.807) is 4.90 Å². The van der Waals surface area contributed by atoms with Crippen LogP contribution in [0.3, 0.4) is 0 Å². The molecule has 2 amide bonds. The SMILES string of the molecule is O=C(Nc1ccccc1)[C@@H]1CCCN1C(=O)[C@@H]1O[C@H]1c1ccccc1. The van der Waals surface area contributed by atoms with Crippen LogP contribution >= 0.6 is 0 Å². The normalized spacial score (nSPS) is 24.8. The Hall–Kier alpha value is -2.66. The molecule has 0 spiro atoms. The molecule has 2 aromatic carbocycles. The van der Waals surface area contributed by atoms with E-state index in [4.69, 9.17) is 4.74 Å². The number of likely N-dealkylation sites (tertiary alicyclic amines) is 1. The maximum atomic E-state index is 12.8. The fourth-order valence-electron chi connectivity index (χ4n) is 3.41. The third-order valence-electron chi connectivity index (χ3n) is 4.74. The second-order valence-corrected chi connectivity index (χ2v) is 6.43. The first-order chi connectivity index (χ1) is 12.2. The van der Waals surface area contributed by atoms with Gasteiger partial charge in [-0.1, -0.05) is 48.5 Å². The van der Waals surface area contributed by atoms with Gasteiger partial charge in [0.1, 0.15) is 12.1 Å². The first-order valence-electron chi connectivity index (χ1n) is 8.61. The standard InChI is InChI=1S/C20H20N2O3/c23-19(21-15-10-5-2-6-11-15)16-12-7-13-22(16)20(24)18-17(25-18)14-8-3-1-4-9-14/h1-6,8-11,16-18H,7,12-13H2,(H,21,23)/t16-,17-,18+/m0/s1. The number of hydrogen-bond acceptors (Lipinski definition) is 3. The molecule has 2 saturated heterocycles. The lowest BCUT2D eigenvalue weighted by molar-refractivity contribution is -0.137. The number of hydrogen-bond donors (Lipinski definition) is 1. The third-order valence-corrected chi connectivity index (χ3v) is 4.74. The van der Waals surface area contributed by atoms with E-state index in [1.165, 1.54) is 0 Å². The fraction of sp³-hybridized carbons (Fsp3) is 0.300. The molecule has 2 aliphatic rings. The van der Waals surface area contributed by atoms with Gasteiger partial charge in [-0.2, -0.15) is 0 Å². The van der Waals surface area contributed by atoms with Crippen molar-refractivity contribution in [2.45, 2.75) is 31.1 Å². The van der Waals surface area contributed by atoms with Crippen LogP contribution in [0.1, 0.15) is 24.5 Å². The van der Waals surface area contributed by atoms with Crippen LogP contribution in [0.25, 0.3) is 0 Å². The van der Waals surface area contributed by atoms with Crippen molar-refractivity contribution in [1.82, 2.24) is 4.90 Å². The van der Waals surface area contributed by atoms with Gasteiger partial charge >= 0.3 is 0 Å². The molecular formula is C20H20N2O3. The van der Waals surface area contributed by atoms with Gasteiger partial charge in [0.25, 0.3) is 5.91 Å². The highest BCUT2D eigenvalue weighted by Gasteiger charge is 2.50. The van der Waals surface area contributed by atoms with Gasteiger partial charge in [-0.25, -0.2) is 0 Å². The number of anilines is 1. The first-order valence-corrected chi connectivity index (χ1v) is 8.61. The molecule has 128 valence electrons. The zero-order valence-corrected chi connectivity index (χ0v) is 13.8. The van der Waals surface area contributed by atoms with E-state index in [9.17, 15) is 9.59 Å². The topological polar surface area (TPSA) is 61.9 Å². The molecule has 25 heavy (non-hydrogen) atoms. The van der Waals surface area contributed by atoms with E-state index in [0.717, 1.165) is 17.7 Å². The summed E-state index contributed by atoms with van der Waals surface area (Å²) in [5.41, 5.74) is 1.75. The zero-order chi connectivity index (χ0) is 17.2. The largest absolute Gasteiger partial charge is 0.354 e. The fourth-order valence-corrected chi connectivity index (χ4v) is 3.41. The van der Waals surface area contributed by atoms with Crippen molar-refractivity contribution in [3.05, 3.63) is 66.2 Å². The summed E-state index contributed by atoms with van der Waals surface area (Å²) in [6.07, 6.45) is 0.869. The molecule has 5 nitrogen and oxygen atoms in total. The highest BCUT2D eigenvalue weighted by molar-refractivity contribution is 5.98.